The highest BCUT2D eigenvalue weighted by Gasteiger charge is 2.58. The third-order valence-corrected chi connectivity index (χ3v) is 10.5. The van der Waals surface area contributed by atoms with E-state index in [9.17, 15) is 5.11 Å². The van der Waals surface area contributed by atoms with Gasteiger partial charge in [-0.25, -0.2) is 0 Å². The highest BCUT2D eigenvalue weighted by atomic mass is 16.3. The third kappa shape index (κ3) is 3.34. The van der Waals surface area contributed by atoms with E-state index in [-0.39, 0.29) is 5.60 Å². The zero-order valence-corrected chi connectivity index (χ0v) is 19.6. The predicted octanol–water partition coefficient (Wildman–Crippen LogP) is 5.03. The number of fused-ring (bicyclic) bond motifs is 5. The molecule has 4 fully saturated rings. The van der Waals surface area contributed by atoms with Gasteiger partial charge in [0.1, 0.15) is 0 Å². The van der Waals surface area contributed by atoms with Crippen LogP contribution in [0.2, 0.25) is 0 Å². The van der Waals surface area contributed by atoms with E-state index in [2.05, 4.69) is 36.2 Å². The fourth-order valence-electron chi connectivity index (χ4n) is 9.04. The molecule has 30 heavy (non-hydrogen) atoms. The molecule has 1 N–H and O–H groups in total. The fraction of sp³-hybridized carbons (Fsp3) is 0.960. The minimum atomic E-state index is -0.362. The van der Waals surface area contributed by atoms with Crippen molar-refractivity contribution in [1.82, 2.24) is 20.2 Å². The lowest BCUT2D eigenvalue weighted by Crippen LogP contribution is -2.51. The molecule has 4 aliphatic rings. The second-order valence-corrected chi connectivity index (χ2v) is 11.9. The average molecular weight is 415 g/mol. The van der Waals surface area contributed by atoms with E-state index < -0.39 is 0 Å². The van der Waals surface area contributed by atoms with Gasteiger partial charge < -0.3 is 5.11 Å². The molecule has 4 aliphatic carbocycles. The second kappa shape index (κ2) is 7.56. The maximum absolute atomic E-state index is 10.9. The molecule has 0 aromatic carbocycles. The van der Waals surface area contributed by atoms with Crippen LogP contribution in [0.1, 0.15) is 90.8 Å². The average Bonchev–Trinajstić information content (AvgIpc) is 3.29. The quantitative estimate of drug-likeness (QED) is 0.751. The molecule has 1 aromatic rings. The van der Waals surface area contributed by atoms with Crippen LogP contribution in [0.15, 0.2) is 0 Å². The molecule has 1 aromatic heterocycles. The zero-order valence-electron chi connectivity index (χ0n) is 19.6. The fourth-order valence-corrected chi connectivity index (χ4v) is 9.04. The molecular weight excluding hydrogens is 372 g/mol. The van der Waals surface area contributed by atoms with Crippen LogP contribution in [0, 0.1) is 53.8 Å². The first-order chi connectivity index (χ1) is 14.3. The second-order valence-electron chi connectivity index (χ2n) is 11.9. The number of rotatable bonds is 4. The highest BCUT2D eigenvalue weighted by molar-refractivity contribution is 5.07. The Morgan fingerprint density at radius 1 is 1.07 bits per heavy atom. The monoisotopic (exact) mass is 414 g/mol. The Kier molecular flexibility index (Phi) is 5.27. The maximum atomic E-state index is 10.9. The van der Waals surface area contributed by atoms with Crippen molar-refractivity contribution < 1.29 is 5.11 Å². The van der Waals surface area contributed by atoms with Gasteiger partial charge in [-0.1, -0.05) is 20.8 Å². The van der Waals surface area contributed by atoms with Crippen LogP contribution in [0.3, 0.4) is 0 Å². The Morgan fingerprint density at radius 3 is 2.60 bits per heavy atom. The summed E-state index contributed by atoms with van der Waals surface area (Å²) in [7, 11) is 0. The normalized spacial score (nSPS) is 46.7. The van der Waals surface area contributed by atoms with Crippen LogP contribution in [-0.4, -0.2) is 30.9 Å². The van der Waals surface area contributed by atoms with Crippen molar-refractivity contribution in [3.8, 4) is 0 Å². The van der Waals surface area contributed by atoms with E-state index >= 15 is 0 Å². The van der Waals surface area contributed by atoms with E-state index in [1.807, 2.05) is 11.7 Å². The summed E-state index contributed by atoms with van der Waals surface area (Å²) >= 11 is 0. The topological polar surface area (TPSA) is 63.8 Å². The summed E-state index contributed by atoms with van der Waals surface area (Å²) in [5.74, 6) is 6.60. The standard InChI is InChI=1S/C25H42N4O/c1-5-25(30)13-11-19-18(14-25)6-7-21-20(19)10-12-24(4)22(8-9-23(21)24)16(2)15-29-27-17(3)26-28-29/h16,18-23,30H,5-15H2,1-4H3/t16-,18+,19+,20-,21-,22-,23+,24-,25-/m1/s1. The van der Waals surface area contributed by atoms with Crippen LogP contribution in [0.4, 0.5) is 0 Å². The highest BCUT2D eigenvalue weighted by Crippen LogP contribution is 2.65. The van der Waals surface area contributed by atoms with Crippen molar-refractivity contribution in [1.29, 1.82) is 0 Å². The van der Waals surface area contributed by atoms with Crippen molar-refractivity contribution in [3.05, 3.63) is 5.82 Å². The summed E-state index contributed by atoms with van der Waals surface area (Å²) < 4.78 is 0. The Bertz CT molecular complexity index is 764. The Labute approximate surface area is 182 Å². The Hall–Kier alpha value is -0.970. The largest absolute Gasteiger partial charge is 0.390 e. The van der Waals surface area contributed by atoms with Gasteiger partial charge in [0.25, 0.3) is 0 Å². The zero-order chi connectivity index (χ0) is 21.1. The lowest BCUT2D eigenvalue weighted by Gasteiger charge is -2.57. The van der Waals surface area contributed by atoms with Crippen LogP contribution in [0.5, 0.6) is 0 Å². The minimum Gasteiger partial charge on any atom is -0.390 e. The molecule has 5 rings (SSSR count). The number of aryl methyl sites for hydroxylation is 1. The van der Waals surface area contributed by atoms with E-state index in [1.165, 1.54) is 44.9 Å². The molecule has 4 saturated carbocycles. The first-order valence-corrected chi connectivity index (χ1v) is 12.8. The molecule has 0 radical (unpaired) electrons. The molecule has 0 amide bonds. The maximum Gasteiger partial charge on any atom is 0.171 e. The molecule has 168 valence electrons. The van der Waals surface area contributed by atoms with Gasteiger partial charge in [0.05, 0.1) is 12.1 Å². The van der Waals surface area contributed by atoms with Gasteiger partial charge in [0.2, 0.25) is 0 Å². The van der Waals surface area contributed by atoms with Gasteiger partial charge in [-0.2, -0.15) is 4.80 Å². The molecular formula is C25H42N4O. The summed E-state index contributed by atoms with van der Waals surface area (Å²) in [6.45, 7) is 10.1. The van der Waals surface area contributed by atoms with E-state index in [1.54, 1.807) is 0 Å². The summed E-state index contributed by atoms with van der Waals surface area (Å²) in [6.07, 6.45) is 12.7. The number of aromatic nitrogens is 4. The molecule has 0 aliphatic heterocycles. The van der Waals surface area contributed by atoms with Gasteiger partial charge in [0, 0.05) is 0 Å². The molecule has 9 atom stereocenters. The Morgan fingerprint density at radius 2 is 1.87 bits per heavy atom. The van der Waals surface area contributed by atoms with Crippen molar-refractivity contribution in [2.24, 2.45) is 46.8 Å². The van der Waals surface area contributed by atoms with Crippen molar-refractivity contribution in [2.75, 3.05) is 0 Å². The molecule has 0 saturated heterocycles. The molecule has 5 nitrogen and oxygen atoms in total. The van der Waals surface area contributed by atoms with Crippen LogP contribution >= 0.6 is 0 Å². The third-order valence-electron chi connectivity index (χ3n) is 10.5. The Balaban J connectivity index is 1.29. The van der Waals surface area contributed by atoms with Crippen LogP contribution in [-0.2, 0) is 6.54 Å². The molecule has 1 heterocycles. The van der Waals surface area contributed by atoms with Gasteiger partial charge in [-0.15, -0.1) is 10.2 Å². The van der Waals surface area contributed by atoms with Crippen LogP contribution < -0.4 is 0 Å². The number of hydrogen-bond donors (Lipinski definition) is 1. The predicted molar refractivity (Wildman–Crippen MR) is 118 cm³/mol. The summed E-state index contributed by atoms with van der Waals surface area (Å²) in [6, 6.07) is 0. The number of nitrogens with zero attached hydrogens (tertiary/aromatic N) is 4. The van der Waals surface area contributed by atoms with E-state index in [0.717, 1.165) is 67.1 Å². The van der Waals surface area contributed by atoms with Crippen molar-refractivity contribution in [3.63, 3.8) is 0 Å². The molecule has 0 bridgehead atoms. The minimum absolute atomic E-state index is 0.362. The SMILES string of the molecule is CC[C@@]1(O)CC[C@H]2[C@@H](CC[C@@H]3[C@@H]2CC[C@]2(C)[C@@H]([C@H](C)Cn4nnc(C)n4)CC[C@@H]32)C1. The van der Waals surface area contributed by atoms with E-state index in [4.69, 9.17) is 0 Å². The van der Waals surface area contributed by atoms with Crippen molar-refractivity contribution in [2.45, 2.75) is 104 Å². The van der Waals surface area contributed by atoms with Gasteiger partial charge in [-0.3, -0.25) is 0 Å². The number of aliphatic hydroxyl groups is 1. The van der Waals surface area contributed by atoms with Gasteiger partial charge >= 0.3 is 0 Å². The van der Waals surface area contributed by atoms with E-state index in [0.29, 0.717) is 11.3 Å². The molecule has 5 heteroatoms. The lowest BCUT2D eigenvalue weighted by atomic mass is 9.48. The number of hydrogen-bond acceptors (Lipinski definition) is 4. The first kappa shape index (κ1) is 20.9. The summed E-state index contributed by atoms with van der Waals surface area (Å²) in [5.41, 5.74) is 0.126. The van der Waals surface area contributed by atoms with Gasteiger partial charge in [0.15, 0.2) is 5.82 Å². The lowest BCUT2D eigenvalue weighted by molar-refractivity contribution is -0.109. The van der Waals surface area contributed by atoms with Crippen molar-refractivity contribution >= 4 is 0 Å². The van der Waals surface area contributed by atoms with Crippen LogP contribution in [0.25, 0.3) is 0 Å². The molecule has 0 unspecified atom stereocenters. The van der Waals surface area contributed by atoms with Gasteiger partial charge in [-0.05, 0) is 123 Å². The summed E-state index contributed by atoms with van der Waals surface area (Å²) in [5, 5.41) is 23.7. The molecule has 0 spiro atoms. The summed E-state index contributed by atoms with van der Waals surface area (Å²) in [4.78, 5) is 1.82. The number of tetrazole rings is 1. The first-order valence-electron chi connectivity index (χ1n) is 12.8. The smallest absolute Gasteiger partial charge is 0.171 e.